The molecule has 1 saturated heterocycles. The quantitative estimate of drug-likeness (QED) is 0.849. The first-order valence-electron chi connectivity index (χ1n) is 7.76. The van der Waals surface area contributed by atoms with E-state index in [1.807, 2.05) is 48.5 Å². The van der Waals surface area contributed by atoms with Crippen LogP contribution in [0.15, 0.2) is 60.7 Å². The monoisotopic (exact) mass is 295 g/mol. The maximum absolute atomic E-state index is 12.1. The molecule has 1 atom stereocenters. The van der Waals surface area contributed by atoms with E-state index >= 15 is 0 Å². The second-order valence-corrected chi connectivity index (χ2v) is 5.72. The molecule has 0 aromatic heterocycles. The van der Waals surface area contributed by atoms with E-state index in [0.717, 1.165) is 18.7 Å². The van der Waals surface area contributed by atoms with Crippen molar-refractivity contribution >= 4 is 5.78 Å². The highest BCUT2D eigenvalue weighted by molar-refractivity contribution is 5.84. The van der Waals surface area contributed by atoms with Crippen molar-refractivity contribution in [3.63, 3.8) is 0 Å². The predicted octanol–water partition coefficient (Wildman–Crippen LogP) is 3.05. The fourth-order valence-corrected chi connectivity index (χ4v) is 2.76. The lowest BCUT2D eigenvalue weighted by molar-refractivity contribution is -0.137. The summed E-state index contributed by atoms with van der Waals surface area (Å²) >= 11 is 0. The van der Waals surface area contributed by atoms with Gasteiger partial charge in [0.05, 0.1) is 6.61 Å². The van der Waals surface area contributed by atoms with Crippen LogP contribution >= 0.6 is 0 Å². The standard InChI is InChI=1S/C19H21NO2/c21-18-11-12-20(13-16-7-3-1-4-8-16)14-19(18)22-15-17-9-5-2-6-10-17/h1-10,19H,11-15H2. The van der Waals surface area contributed by atoms with Crippen molar-refractivity contribution in [1.29, 1.82) is 0 Å². The Morgan fingerprint density at radius 2 is 1.59 bits per heavy atom. The van der Waals surface area contributed by atoms with E-state index in [1.54, 1.807) is 0 Å². The first-order chi connectivity index (χ1) is 10.8. The summed E-state index contributed by atoms with van der Waals surface area (Å²) in [5, 5.41) is 0. The SMILES string of the molecule is O=C1CCN(Cc2ccccc2)CC1OCc1ccccc1. The Bertz CT molecular complexity index is 597. The molecule has 1 fully saturated rings. The van der Waals surface area contributed by atoms with Gasteiger partial charge in [-0.05, 0) is 11.1 Å². The molecule has 0 aliphatic carbocycles. The van der Waals surface area contributed by atoms with Gasteiger partial charge in [0, 0.05) is 26.1 Å². The van der Waals surface area contributed by atoms with Crippen LogP contribution in [0, 0.1) is 0 Å². The molecule has 0 spiro atoms. The van der Waals surface area contributed by atoms with Crippen LogP contribution in [-0.2, 0) is 22.7 Å². The highest BCUT2D eigenvalue weighted by atomic mass is 16.5. The van der Waals surface area contributed by atoms with Crippen molar-refractivity contribution < 1.29 is 9.53 Å². The molecular formula is C19H21NO2. The lowest BCUT2D eigenvalue weighted by Crippen LogP contribution is -2.45. The molecule has 22 heavy (non-hydrogen) atoms. The van der Waals surface area contributed by atoms with Gasteiger partial charge in [-0.25, -0.2) is 0 Å². The number of Topliss-reactive ketones (excluding diaryl/α,β-unsaturated/α-hetero) is 1. The molecule has 3 nitrogen and oxygen atoms in total. The number of hydrogen-bond acceptors (Lipinski definition) is 3. The molecule has 2 aromatic rings. The number of hydrogen-bond donors (Lipinski definition) is 0. The summed E-state index contributed by atoms with van der Waals surface area (Å²) in [5.41, 5.74) is 2.38. The van der Waals surface area contributed by atoms with Gasteiger partial charge in [0.1, 0.15) is 6.10 Å². The van der Waals surface area contributed by atoms with Crippen LogP contribution < -0.4 is 0 Å². The molecule has 0 amide bonds. The van der Waals surface area contributed by atoms with Crippen molar-refractivity contribution in [3.05, 3.63) is 71.8 Å². The molecule has 2 aromatic carbocycles. The van der Waals surface area contributed by atoms with Crippen molar-refractivity contribution in [2.45, 2.75) is 25.7 Å². The first kappa shape index (κ1) is 14.9. The number of nitrogens with zero attached hydrogens (tertiary/aromatic N) is 1. The molecule has 1 aliphatic rings. The topological polar surface area (TPSA) is 29.5 Å². The third kappa shape index (κ3) is 4.03. The molecule has 3 rings (SSSR count). The van der Waals surface area contributed by atoms with Gasteiger partial charge in [0.15, 0.2) is 5.78 Å². The number of ketones is 1. The summed E-state index contributed by atoms with van der Waals surface area (Å²) in [5.74, 6) is 0.222. The molecule has 1 aliphatic heterocycles. The van der Waals surface area contributed by atoms with Gasteiger partial charge < -0.3 is 4.74 Å². The lowest BCUT2D eigenvalue weighted by Gasteiger charge is -2.31. The molecule has 0 N–H and O–H groups in total. The van der Waals surface area contributed by atoms with E-state index in [4.69, 9.17) is 4.74 Å². The Morgan fingerprint density at radius 1 is 0.955 bits per heavy atom. The summed E-state index contributed by atoms with van der Waals surface area (Å²) < 4.78 is 5.86. The van der Waals surface area contributed by atoms with Crippen molar-refractivity contribution in [2.75, 3.05) is 13.1 Å². The van der Waals surface area contributed by atoms with Gasteiger partial charge in [0.2, 0.25) is 0 Å². The molecule has 114 valence electrons. The van der Waals surface area contributed by atoms with Crippen LogP contribution in [0.2, 0.25) is 0 Å². The Kier molecular flexibility index (Phi) is 4.99. The van der Waals surface area contributed by atoms with Crippen molar-refractivity contribution in [2.24, 2.45) is 0 Å². The smallest absolute Gasteiger partial charge is 0.164 e. The summed E-state index contributed by atoms with van der Waals surface area (Å²) in [7, 11) is 0. The summed E-state index contributed by atoms with van der Waals surface area (Å²) in [6.45, 7) is 2.87. The Balaban J connectivity index is 1.55. The van der Waals surface area contributed by atoms with Crippen LogP contribution in [0.5, 0.6) is 0 Å². The number of carbonyl (C=O) groups is 1. The molecule has 1 heterocycles. The summed E-state index contributed by atoms with van der Waals surface area (Å²) in [6.07, 6.45) is 0.268. The summed E-state index contributed by atoms with van der Waals surface area (Å²) in [6, 6.07) is 20.4. The average Bonchev–Trinajstić information content (AvgIpc) is 2.57. The van der Waals surface area contributed by atoms with Crippen LogP contribution in [0.3, 0.4) is 0 Å². The van der Waals surface area contributed by atoms with Gasteiger partial charge in [-0.2, -0.15) is 0 Å². The largest absolute Gasteiger partial charge is 0.364 e. The zero-order valence-electron chi connectivity index (χ0n) is 12.7. The number of ether oxygens (including phenoxy) is 1. The number of rotatable bonds is 5. The van der Waals surface area contributed by atoms with E-state index in [-0.39, 0.29) is 11.9 Å². The van der Waals surface area contributed by atoms with E-state index in [1.165, 1.54) is 5.56 Å². The third-order valence-corrected chi connectivity index (χ3v) is 4.00. The van der Waals surface area contributed by atoms with Crippen molar-refractivity contribution in [1.82, 2.24) is 4.90 Å². The van der Waals surface area contributed by atoms with E-state index in [0.29, 0.717) is 19.6 Å². The van der Waals surface area contributed by atoms with Gasteiger partial charge in [-0.1, -0.05) is 60.7 Å². The van der Waals surface area contributed by atoms with Crippen LogP contribution in [0.4, 0.5) is 0 Å². The van der Waals surface area contributed by atoms with Gasteiger partial charge >= 0.3 is 0 Å². The second kappa shape index (κ2) is 7.34. The van der Waals surface area contributed by atoms with E-state index < -0.39 is 0 Å². The fraction of sp³-hybridized carbons (Fsp3) is 0.316. The number of benzene rings is 2. The Hall–Kier alpha value is -1.97. The van der Waals surface area contributed by atoms with Gasteiger partial charge in [0.25, 0.3) is 0 Å². The van der Waals surface area contributed by atoms with Crippen LogP contribution in [0.1, 0.15) is 17.5 Å². The predicted molar refractivity (Wildman–Crippen MR) is 86.4 cm³/mol. The number of likely N-dealkylation sites (tertiary alicyclic amines) is 1. The zero-order chi connectivity index (χ0) is 15.2. The molecule has 3 heteroatoms. The number of carbonyl (C=O) groups excluding carboxylic acids is 1. The molecule has 1 unspecified atom stereocenters. The normalized spacial score (nSPS) is 19.3. The van der Waals surface area contributed by atoms with E-state index in [9.17, 15) is 4.79 Å². The third-order valence-electron chi connectivity index (χ3n) is 4.00. The number of piperidine rings is 1. The first-order valence-corrected chi connectivity index (χ1v) is 7.76. The van der Waals surface area contributed by atoms with Crippen LogP contribution in [0.25, 0.3) is 0 Å². The minimum atomic E-state index is -0.308. The molecule has 0 radical (unpaired) electrons. The Morgan fingerprint density at radius 3 is 2.27 bits per heavy atom. The fourth-order valence-electron chi connectivity index (χ4n) is 2.76. The van der Waals surface area contributed by atoms with Gasteiger partial charge in [-0.3, -0.25) is 9.69 Å². The average molecular weight is 295 g/mol. The molecule has 0 saturated carbocycles. The maximum atomic E-state index is 12.1. The molecular weight excluding hydrogens is 274 g/mol. The zero-order valence-corrected chi connectivity index (χ0v) is 12.7. The summed E-state index contributed by atoms with van der Waals surface area (Å²) in [4.78, 5) is 14.4. The molecule has 0 bridgehead atoms. The van der Waals surface area contributed by atoms with E-state index in [2.05, 4.69) is 17.0 Å². The van der Waals surface area contributed by atoms with Gasteiger partial charge in [-0.15, -0.1) is 0 Å². The Labute approximate surface area is 131 Å². The van der Waals surface area contributed by atoms with Crippen molar-refractivity contribution in [3.8, 4) is 0 Å². The second-order valence-electron chi connectivity index (χ2n) is 5.72. The lowest BCUT2D eigenvalue weighted by atomic mass is 10.1. The maximum Gasteiger partial charge on any atom is 0.164 e. The minimum Gasteiger partial charge on any atom is -0.364 e. The minimum absolute atomic E-state index is 0.222. The highest BCUT2D eigenvalue weighted by Crippen LogP contribution is 2.15. The highest BCUT2D eigenvalue weighted by Gasteiger charge is 2.27. The van der Waals surface area contributed by atoms with Crippen LogP contribution in [-0.4, -0.2) is 29.9 Å².